The molecular weight excluding hydrogens is 422 g/mol. The van der Waals surface area contributed by atoms with Crippen molar-refractivity contribution in [1.82, 2.24) is 9.13 Å². The van der Waals surface area contributed by atoms with E-state index in [0.29, 0.717) is 34.0 Å². The highest BCUT2D eigenvalue weighted by Gasteiger charge is 2.38. The molecule has 3 aromatic rings. The van der Waals surface area contributed by atoms with E-state index < -0.39 is 23.1 Å². The van der Waals surface area contributed by atoms with Crippen LogP contribution in [0.3, 0.4) is 0 Å². The number of nitrogens with one attached hydrogen (secondary N) is 1. The lowest BCUT2D eigenvalue weighted by atomic mass is 9.81. The normalized spacial score (nSPS) is 15.0. The van der Waals surface area contributed by atoms with Gasteiger partial charge in [0.2, 0.25) is 0 Å². The third-order valence-corrected chi connectivity index (χ3v) is 5.80. The number of ether oxygens (including phenoxy) is 2. The van der Waals surface area contributed by atoms with Gasteiger partial charge >= 0.3 is 11.7 Å². The number of fused-ring (bicyclic) bond motifs is 1. The monoisotopic (exact) mass is 447 g/mol. The van der Waals surface area contributed by atoms with Crippen LogP contribution in [0.1, 0.15) is 29.5 Å². The van der Waals surface area contributed by atoms with Crippen LogP contribution in [-0.2, 0) is 23.6 Å². The van der Waals surface area contributed by atoms with Crippen molar-refractivity contribution in [2.75, 3.05) is 19.0 Å². The van der Waals surface area contributed by atoms with Crippen LogP contribution in [0.25, 0.3) is 5.70 Å². The largest absolute Gasteiger partial charge is 0.497 e. The molecular formula is C25H25N3O5. The summed E-state index contributed by atoms with van der Waals surface area (Å²) in [6, 6.07) is 16.5. The van der Waals surface area contributed by atoms with Crippen molar-refractivity contribution in [3.8, 4) is 5.75 Å². The molecule has 0 bridgehead atoms. The second-order valence-electron chi connectivity index (χ2n) is 7.67. The fraction of sp³-hybridized carbons (Fsp3) is 0.240. The van der Waals surface area contributed by atoms with Crippen LogP contribution in [0.4, 0.5) is 5.82 Å². The zero-order valence-corrected chi connectivity index (χ0v) is 18.9. The average Bonchev–Trinajstić information content (AvgIpc) is 2.85. The number of hydrogen-bond donors (Lipinski definition) is 1. The number of benzene rings is 2. The SMILES string of the molecule is CCOC(=O)C1=C(c2ccccc2)Nc2c(c(=O)n(C)c(=O)n2C)[C@H]1c1ccc(OC)cc1. The molecule has 0 aliphatic carbocycles. The molecule has 1 N–H and O–H groups in total. The van der Waals surface area contributed by atoms with Crippen LogP contribution in [0.5, 0.6) is 5.75 Å². The number of carbonyl (C=O) groups excluding carboxylic acids is 1. The zero-order chi connectivity index (χ0) is 23.7. The van der Waals surface area contributed by atoms with Crippen molar-refractivity contribution >= 4 is 17.5 Å². The van der Waals surface area contributed by atoms with Crippen molar-refractivity contribution in [3.05, 3.63) is 97.7 Å². The summed E-state index contributed by atoms with van der Waals surface area (Å²) in [5, 5.41) is 3.21. The van der Waals surface area contributed by atoms with E-state index in [1.165, 1.54) is 11.6 Å². The number of rotatable bonds is 5. The van der Waals surface area contributed by atoms with Gasteiger partial charge in [0.05, 0.1) is 36.5 Å². The average molecular weight is 447 g/mol. The van der Waals surface area contributed by atoms with Crippen LogP contribution in [0.15, 0.2) is 69.8 Å². The minimum absolute atomic E-state index is 0.178. The summed E-state index contributed by atoms with van der Waals surface area (Å²) in [5.41, 5.74) is 1.58. The summed E-state index contributed by atoms with van der Waals surface area (Å²) in [4.78, 5) is 39.4. The summed E-state index contributed by atoms with van der Waals surface area (Å²) in [6.45, 7) is 1.91. The number of aromatic nitrogens is 2. The van der Waals surface area contributed by atoms with Crippen molar-refractivity contribution in [1.29, 1.82) is 0 Å². The molecule has 4 rings (SSSR count). The van der Waals surface area contributed by atoms with Gasteiger partial charge in [0.1, 0.15) is 11.6 Å². The van der Waals surface area contributed by atoms with Gasteiger partial charge in [-0.3, -0.25) is 13.9 Å². The lowest BCUT2D eigenvalue weighted by Gasteiger charge is -2.32. The minimum atomic E-state index is -0.757. The standard InChI is InChI=1S/C25H25N3O5/c1-5-33-24(30)19-18(15-11-13-17(32-4)14-12-15)20-22(27(2)25(31)28(3)23(20)29)26-21(19)16-9-7-6-8-10-16/h6-14,18,26H,5H2,1-4H3/t18-/m0/s1. The summed E-state index contributed by atoms with van der Waals surface area (Å²) in [6.07, 6.45) is 0. The van der Waals surface area contributed by atoms with Gasteiger partial charge < -0.3 is 14.8 Å². The van der Waals surface area contributed by atoms with Crippen LogP contribution in [0.2, 0.25) is 0 Å². The molecule has 0 amide bonds. The van der Waals surface area contributed by atoms with E-state index >= 15 is 0 Å². The van der Waals surface area contributed by atoms with E-state index in [-0.39, 0.29) is 6.61 Å². The molecule has 1 aliphatic rings. The maximum atomic E-state index is 13.4. The topological polar surface area (TPSA) is 91.6 Å². The van der Waals surface area contributed by atoms with Gasteiger partial charge in [0.25, 0.3) is 5.56 Å². The van der Waals surface area contributed by atoms with Crippen LogP contribution < -0.4 is 21.3 Å². The van der Waals surface area contributed by atoms with Crippen LogP contribution >= 0.6 is 0 Å². The Bertz CT molecular complexity index is 1350. The Kier molecular flexibility index (Phi) is 5.91. The molecule has 1 aromatic heterocycles. The van der Waals surface area contributed by atoms with Gasteiger partial charge in [-0.1, -0.05) is 42.5 Å². The smallest absolute Gasteiger partial charge is 0.337 e. The van der Waals surface area contributed by atoms with E-state index in [1.54, 1.807) is 33.2 Å². The Balaban J connectivity index is 2.11. The Morgan fingerprint density at radius 3 is 2.27 bits per heavy atom. The first-order valence-corrected chi connectivity index (χ1v) is 10.6. The van der Waals surface area contributed by atoms with Gasteiger partial charge in [-0.2, -0.15) is 0 Å². The Hall–Kier alpha value is -4.07. The van der Waals surface area contributed by atoms with Crippen LogP contribution in [-0.4, -0.2) is 28.8 Å². The van der Waals surface area contributed by atoms with E-state index in [9.17, 15) is 14.4 Å². The quantitative estimate of drug-likeness (QED) is 0.605. The maximum absolute atomic E-state index is 13.4. The van der Waals surface area contributed by atoms with E-state index in [4.69, 9.17) is 9.47 Å². The molecule has 0 radical (unpaired) electrons. The molecule has 0 fully saturated rings. The summed E-state index contributed by atoms with van der Waals surface area (Å²) < 4.78 is 13.1. The van der Waals surface area contributed by atoms with Gasteiger partial charge in [0.15, 0.2) is 0 Å². The molecule has 0 spiro atoms. The number of nitrogens with zero attached hydrogens (tertiary/aromatic N) is 2. The second kappa shape index (κ2) is 8.82. The van der Waals surface area contributed by atoms with Gasteiger partial charge in [-0.15, -0.1) is 0 Å². The number of hydrogen-bond acceptors (Lipinski definition) is 6. The minimum Gasteiger partial charge on any atom is -0.497 e. The first-order valence-electron chi connectivity index (χ1n) is 10.6. The molecule has 33 heavy (non-hydrogen) atoms. The third kappa shape index (κ3) is 3.73. The molecule has 1 atom stereocenters. The van der Waals surface area contributed by atoms with Crippen molar-refractivity contribution in [2.45, 2.75) is 12.8 Å². The lowest BCUT2D eigenvalue weighted by molar-refractivity contribution is -0.138. The zero-order valence-electron chi connectivity index (χ0n) is 18.9. The highest BCUT2D eigenvalue weighted by Crippen LogP contribution is 2.43. The van der Waals surface area contributed by atoms with E-state index in [1.807, 2.05) is 42.5 Å². The first-order chi connectivity index (χ1) is 15.9. The molecule has 170 valence electrons. The van der Waals surface area contributed by atoms with Crippen molar-refractivity contribution < 1.29 is 14.3 Å². The fourth-order valence-electron chi connectivity index (χ4n) is 4.15. The molecule has 2 aromatic carbocycles. The Morgan fingerprint density at radius 1 is 1.00 bits per heavy atom. The fourth-order valence-corrected chi connectivity index (χ4v) is 4.15. The number of esters is 1. The predicted octanol–water partition coefficient (Wildman–Crippen LogP) is 2.62. The molecule has 0 saturated heterocycles. The van der Waals surface area contributed by atoms with E-state index in [0.717, 1.165) is 10.1 Å². The first kappa shape index (κ1) is 22.1. The van der Waals surface area contributed by atoms with Crippen molar-refractivity contribution in [3.63, 3.8) is 0 Å². The molecule has 8 nitrogen and oxygen atoms in total. The summed E-state index contributed by atoms with van der Waals surface area (Å²) in [7, 11) is 4.59. The summed E-state index contributed by atoms with van der Waals surface area (Å²) >= 11 is 0. The number of anilines is 1. The highest BCUT2D eigenvalue weighted by atomic mass is 16.5. The van der Waals surface area contributed by atoms with E-state index in [2.05, 4.69) is 5.32 Å². The third-order valence-electron chi connectivity index (χ3n) is 5.80. The molecule has 0 unspecified atom stereocenters. The van der Waals surface area contributed by atoms with Gasteiger partial charge in [-0.05, 0) is 30.2 Å². The van der Waals surface area contributed by atoms with Crippen molar-refractivity contribution in [2.24, 2.45) is 14.1 Å². The second-order valence-corrected chi connectivity index (χ2v) is 7.67. The predicted molar refractivity (Wildman–Crippen MR) is 125 cm³/mol. The van der Waals surface area contributed by atoms with Gasteiger partial charge in [0, 0.05) is 14.1 Å². The Labute approximate surface area is 190 Å². The van der Waals surface area contributed by atoms with Gasteiger partial charge in [-0.25, -0.2) is 9.59 Å². The lowest BCUT2D eigenvalue weighted by Crippen LogP contribution is -2.43. The molecule has 8 heteroatoms. The summed E-state index contributed by atoms with van der Waals surface area (Å²) in [5.74, 6) is -0.305. The Morgan fingerprint density at radius 2 is 1.67 bits per heavy atom. The van der Waals surface area contributed by atoms with Crippen LogP contribution in [0, 0.1) is 0 Å². The maximum Gasteiger partial charge on any atom is 0.337 e. The molecule has 2 heterocycles. The number of carbonyl (C=O) groups is 1. The molecule has 0 saturated carbocycles. The highest BCUT2D eigenvalue weighted by molar-refractivity contribution is 6.04. The molecule has 1 aliphatic heterocycles. The number of methoxy groups -OCH3 is 1.